The van der Waals surface area contributed by atoms with E-state index in [1.165, 1.54) is 11.3 Å². The molecule has 0 unspecified atom stereocenters. The van der Waals surface area contributed by atoms with Gasteiger partial charge >= 0.3 is 0 Å². The van der Waals surface area contributed by atoms with Gasteiger partial charge in [0.2, 0.25) is 0 Å². The minimum atomic E-state index is -0.0232. The molecule has 1 aliphatic heterocycles. The van der Waals surface area contributed by atoms with Crippen LogP contribution in [0.4, 0.5) is 0 Å². The van der Waals surface area contributed by atoms with E-state index in [0.29, 0.717) is 11.0 Å². The molecule has 1 N–H and O–H groups in total. The Morgan fingerprint density at radius 2 is 2.38 bits per heavy atom. The molecule has 0 aromatic carbocycles. The zero-order valence-corrected chi connectivity index (χ0v) is 10.3. The lowest BCUT2D eigenvalue weighted by molar-refractivity contribution is 0.0912. The van der Waals surface area contributed by atoms with Crippen molar-refractivity contribution in [3.8, 4) is 0 Å². The molecular weight excluding hydrogens is 222 g/mol. The van der Waals surface area contributed by atoms with Gasteiger partial charge in [-0.3, -0.25) is 4.79 Å². The third-order valence-corrected chi connectivity index (χ3v) is 3.77. The van der Waals surface area contributed by atoms with Crippen LogP contribution in [0.25, 0.3) is 0 Å². The van der Waals surface area contributed by atoms with Gasteiger partial charge in [-0.1, -0.05) is 6.92 Å². The van der Waals surface area contributed by atoms with Crippen molar-refractivity contribution >= 4 is 17.2 Å². The Labute approximate surface area is 99.7 Å². The van der Waals surface area contributed by atoms with Gasteiger partial charge in [0.05, 0.1) is 0 Å². The van der Waals surface area contributed by atoms with Crippen LogP contribution in [0.2, 0.25) is 0 Å². The molecule has 0 atom stereocenters. The minimum absolute atomic E-state index is 0.0232. The van der Waals surface area contributed by atoms with E-state index in [9.17, 15) is 4.79 Å². The molecule has 0 saturated carbocycles. The summed E-state index contributed by atoms with van der Waals surface area (Å²) in [6.07, 6.45) is 3.76. The second-order valence-electron chi connectivity index (χ2n) is 4.02. The molecule has 0 aliphatic carbocycles. The molecule has 1 aromatic rings. The zero-order valence-electron chi connectivity index (χ0n) is 9.48. The van der Waals surface area contributed by atoms with Crippen molar-refractivity contribution in [3.63, 3.8) is 0 Å². The Kier molecular flexibility index (Phi) is 3.90. The summed E-state index contributed by atoms with van der Waals surface area (Å²) in [5, 5.41) is 5.44. The number of nitrogens with one attached hydrogen (secondary N) is 1. The standard InChI is InChI=1S/C11H17N3OS/c1-2-14-6-3-9(4-7-14)13-10(15)11-12-5-8-16-11/h5,8-9H,2-4,6-7H2,1H3,(H,13,15). The van der Waals surface area contributed by atoms with E-state index in [1.807, 2.05) is 5.38 Å². The first-order valence-corrected chi connectivity index (χ1v) is 6.60. The van der Waals surface area contributed by atoms with Crippen molar-refractivity contribution in [2.24, 2.45) is 0 Å². The number of nitrogens with zero attached hydrogens (tertiary/aromatic N) is 2. The van der Waals surface area contributed by atoms with E-state index in [-0.39, 0.29) is 5.91 Å². The number of hydrogen-bond acceptors (Lipinski definition) is 4. The van der Waals surface area contributed by atoms with E-state index < -0.39 is 0 Å². The molecule has 1 amide bonds. The van der Waals surface area contributed by atoms with Gasteiger partial charge < -0.3 is 10.2 Å². The second kappa shape index (κ2) is 5.41. The fraction of sp³-hybridized carbons (Fsp3) is 0.636. The number of carbonyl (C=O) groups excluding carboxylic acids is 1. The van der Waals surface area contributed by atoms with Gasteiger partial charge in [-0.05, 0) is 19.4 Å². The zero-order chi connectivity index (χ0) is 11.4. The summed E-state index contributed by atoms with van der Waals surface area (Å²) in [6, 6.07) is 0.319. The van der Waals surface area contributed by atoms with E-state index >= 15 is 0 Å². The number of carbonyl (C=O) groups is 1. The van der Waals surface area contributed by atoms with E-state index in [4.69, 9.17) is 0 Å². The quantitative estimate of drug-likeness (QED) is 0.866. The van der Waals surface area contributed by atoms with Crippen molar-refractivity contribution in [1.29, 1.82) is 0 Å². The molecular formula is C11H17N3OS. The largest absolute Gasteiger partial charge is 0.347 e. The van der Waals surface area contributed by atoms with Gasteiger partial charge in [-0.15, -0.1) is 11.3 Å². The molecule has 88 valence electrons. The number of thiazole rings is 1. The van der Waals surface area contributed by atoms with Crippen LogP contribution in [0.5, 0.6) is 0 Å². The molecule has 1 saturated heterocycles. The first-order valence-electron chi connectivity index (χ1n) is 5.72. The second-order valence-corrected chi connectivity index (χ2v) is 4.91. The fourth-order valence-corrected chi connectivity index (χ4v) is 2.51. The predicted octanol–water partition coefficient (Wildman–Crippen LogP) is 1.36. The van der Waals surface area contributed by atoms with Crippen LogP contribution in [0, 0.1) is 0 Å². The van der Waals surface area contributed by atoms with Crippen LogP contribution in [-0.4, -0.2) is 41.5 Å². The number of amides is 1. The van der Waals surface area contributed by atoms with Crippen molar-refractivity contribution in [2.45, 2.75) is 25.8 Å². The lowest BCUT2D eigenvalue weighted by Gasteiger charge is -2.31. The molecule has 16 heavy (non-hydrogen) atoms. The van der Waals surface area contributed by atoms with Crippen molar-refractivity contribution in [1.82, 2.24) is 15.2 Å². The van der Waals surface area contributed by atoms with Gasteiger partial charge in [0.15, 0.2) is 5.01 Å². The molecule has 0 bridgehead atoms. The van der Waals surface area contributed by atoms with Gasteiger partial charge in [-0.2, -0.15) is 0 Å². The van der Waals surface area contributed by atoms with Gasteiger partial charge in [0.25, 0.3) is 5.91 Å². The maximum absolute atomic E-state index is 11.7. The molecule has 1 fully saturated rings. The molecule has 1 aromatic heterocycles. The lowest BCUT2D eigenvalue weighted by atomic mass is 10.1. The highest BCUT2D eigenvalue weighted by molar-refractivity contribution is 7.11. The number of rotatable bonds is 3. The highest BCUT2D eigenvalue weighted by Gasteiger charge is 2.20. The third kappa shape index (κ3) is 2.80. The Bertz CT molecular complexity index is 331. The molecule has 2 rings (SSSR count). The van der Waals surface area contributed by atoms with Gasteiger partial charge in [-0.25, -0.2) is 4.98 Å². The van der Waals surface area contributed by atoms with Crippen LogP contribution in [0.1, 0.15) is 29.6 Å². The fourth-order valence-electron chi connectivity index (χ4n) is 1.98. The van der Waals surface area contributed by atoms with E-state index in [1.54, 1.807) is 6.20 Å². The summed E-state index contributed by atoms with van der Waals surface area (Å²) in [5.41, 5.74) is 0. The Hall–Kier alpha value is -0.940. The number of aromatic nitrogens is 1. The summed E-state index contributed by atoms with van der Waals surface area (Å²) in [6.45, 7) is 5.44. The summed E-state index contributed by atoms with van der Waals surface area (Å²) in [7, 11) is 0. The normalized spacial score (nSPS) is 18.6. The van der Waals surface area contributed by atoms with E-state index in [0.717, 1.165) is 32.5 Å². The summed E-state index contributed by atoms with van der Waals surface area (Å²) >= 11 is 1.39. The van der Waals surface area contributed by atoms with Crippen LogP contribution in [0.15, 0.2) is 11.6 Å². The lowest BCUT2D eigenvalue weighted by Crippen LogP contribution is -2.44. The van der Waals surface area contributed by atoms with Crippen LogP contribution in [-0.2, 0) is 0 Å². The highest BCUT2D eigenvalue weighted by atomic mass is 32.1. The van der Waals surface area contributed by atoms with Crippen LogP contribution in [0.3, 0.4) is 0 Å². The summed E-state index contributed by atoms with van der Waals surface area (Å²) < 4.78 is 0. The molecule has 2 heterocycles. The predicted molar refractivity (Wildman–Crippen MR) is 64.7 cm³/mol. The topological polar surface area (TPSA) is 45.2 Å². The van der Waals surface area contributed by atoms with Crippen molar-refractivity contribution in [2.75, 3.05) is 19.6 Å². The maximum atomic E-state index is 11.7. The van der Waals surface area contributed by atoms with Crippen LogP contribution < -0.4 is 5.32 Å². The van der Waals surface area contributed by atoms with Gasteiger partial charge in [0.1, 0.15) is 0 Å². The monoisotopic (exact) mass is 239 g/mol. The molecule has 5 heteroatoms. The minimum Gasteiger partial charge on any atom is -0.347 e. The Balaban J connectivity index is 1.81. The Morgan fingerprint density at radius 3 is 2.94 bits per heavy atom. The molecule has 1 aliphatic rings. The average Bonchev–Trinajstić information content (AvgIpc) is 2.83. The molecule has 0 radical (unpaired) electrons. The summed E-state index contributed by atoms with van der Waals surface area (Å²) in [5.74, 6) is -0.0232. The maximum Gasteiger partial charge on any atom is 0.280 e. The number of piperidine rings is 1. The van der Waals surface area contributed by atoms with Crippen LogP contribution >= 0.6 is 11.3 Å². The third-order valence-electron chi connectivity index (χ3n) is 3.00. The first-order chi connectivity index (χ1) is 7.79. The van der Waals surface area contributed by atoms with Gasteiger partial charge in [0, 0.05) is 30.7 Å². The average molecular weight is 239 g/mol. The smallest absolute Gasteiger partial charge is 0.280 e. The first kappa shape index (κ1) is 11.5. The molecule has 0 spiro atoms. The molecule has 4 nitrogen and oxygen atoms in total. The van der Waals surface area contributed by atoms with E-state index in [2.05, 4.69) is 22.1 Å². The van der Waals surface area contributed by atoms with Crippen molar-refractivity contribution < 1.29 is 4.79 Å². The Morgan fingerprint density at radius 1 is 1.62 bits per heavy atom. The van der Waals surface area contributed by atoms with Crippen molar-refractivity contribution in [3.05, 3.63) is 16.6 Å². The SMILES string of the molecule is CCN1CCC(NC(=O)c2nccs2)CC1. The highest BCUT2D eigenvalue weighted by Crippen LogP contribution is 2.11. The number of likely N-dealkylation sites (tertiary alicyclic amines) is 1. The number of hydrogen-bond donors (Lipinski definition) is 1. The summed E-state index contributed by atoms with van der Waals surface area (Å²) in [4.78, 5) is 18.2.